The Labute approximate surface area is 221 Å². The maximum absolute atomic E-state index is 13.3. The zero-order chi connectivity index (χ0) is 25.9. The molecule has 2 aromatic carbocycles. The minimum absolute atomic E-state index is 0.0350. The van der Waals surface area contributed by atoms with E-state index in [1.54, 1.807) is 48.8 Å². The third kappa shape index (κ3) is 4.98. The van der Waals surface area contributed by atoms with Crippen molar-refractivity contribution < 1.29 is 19.4 Å². The summed E-state index contributed by atoms with van der Waals surface area (Å²) in [4.78, 5) is 32.0. The first-order valence-electron chi connectivity index (χ1n) is 11.3. The average Bonchev–Trinajstić information content (AvgIpc) is 3.50. The van der Waals surface area contributed by atoms with Gasteiger partial charge < -0.3 is 9.84 Å². The first kappa shape index (κ1) is 24.7. The summed E-state index contributed by atoms with van der Waals surface area (Å²) in [6.45, 7) is 2.04. The fourth-order valence-electron chi connectivity index (χ4n) is 3.97. The number of methoxy groups -OCH3 is 1. The number of thioether (sulfide) groups is 1. The lowest BCUT2D eigenvalue weighted by molar-refractivity contribution is -0.132. The van der Waals surface area contributed by atoms with Crippen LogP contribution in [0.2, 0.25) is 0 Å². The highest BCUT2D eigenvalue weighted by molar-refractivity contribution is 8.00. The fourth-order valence-corrected chi connectivity index (χ4v) is 5.80. The number of nitrogens with zero attached hydrogens (tertiary/aromatic N) is 4. The number of carbonyl (C=O) groups excluding carboxylic acids is 2. The predicted molar refractivity (Wildman–Crippen MR) is 143 cm³/mol. The van der Waals surface area contributed by atoms with Gasteiger partial charge >= 0.3 is 5.91 Å². The molecule has 1 aliphatic heterocycles. The number of ether oxygens (including phenoxy) is 1. The highest BCUT2D eigenvalue weighted by Gasteiger charge is 2.48. The summed E-state index contributed by atoms with van der Waals surface area (Å²) in [6, 6.07) is 17.4. The molecule has 1 aliphatic rings. The van der Waals surface area contributed by atoms with Crippen LogP contribution in [0.5, 0.6) is 5.75 Å². The number of hydrogen-bond acceptors (Lipinski definition) is 9. The van der Waals surface area contributed by atoms with Gasteiger partial charge in [0.2, 0.25) is 5.13 Å². The molecule has 186 valence electrons. The van der Waals surface area contributed by atoms with Crippen LogP contribution >= 0.6 is 23.1 Å². The van der Waals surface area contributed by atoms with E-state index in [1.165, 1.54) is 40.7 Å². The van der Waals surface area contributed by atoms with Crippen LogP contribution in [0.3, 0.4) is 0 Å². The van der Waals surface area contributed by atoms with Gasteiger partial charge in [-0.05, 0) is 48.4 Å². The number of anilines is 1. The summed E-state index contributed by atoms with van der Waals surface area (Å²) in [5.74, 6) is -0.570. The lowest BCUT2D eigenvalue weighted by Crippen LogP contribution is -2.29. The van der Waals surface area contributed by atoms with Crippen molar-refractivity contribution in [3.05, 3.63) is 101 Å². The van der Waals surface area contributed by atoms with Gasteiger partial charge in [-0.2, -0.15) is 0 Å². The molecular formula is C27H22N4O4S2. The number of ketones is 1. The molecule has 4 aromatic rings. The molecule has 2 aromatic heterocycles. The van der Waals surface area contributed by atoms with Crippen LogP contribution in [0.15, 0.2) is 83.0 Å². The molecule has 0 radical (unpaired) electrons. The largest absolute Gasteiger partial charge is 0.507 e. The number of aryl methyl sites for hydroxylation is 1. The maximum Gasteiger partial charge on any atom is 0.301 e. The summed E-state index contributed by atoms with van der Waals surface area (Å²) in [5, 5.41) is 19.9. The summed E-state index contributed by atoms with van der Waals surface area (Å²) in [5.41, 5.74) is 3.25. The van der Waals surface area contributed by atoms with Crippen LogP contribution in [0.25, 0.3) is 5.76 Å². The van der Waals surface area contributed by atoms with E-state index >= 15 is 0 Å². The summed E-state index contributed by atoms with van der Waals surface area (Å²) < 4.78 is 5.85. The van der Waals surface area contributed by atoms with Gasteiger partial charge in [0, 0.05) is 23.7 Å². The van der Waals surface area contributed by atoms with Crippen LogP contribution < -0.4 is 9.64 Å². The number of aromatic nitrogens is 3. The number of benzene rings is 2. The molecule has 1 N–H and O–H groups in total. The number of aliphatic hydroxyl groups excluding tert-OH is 1. The van der Waals surface area contributed by atoms with E-state index in [9.17, 15) is 14.7 Å². The molecule has 1 fully saturated rings. The van der Waals surface area contributed by atoms with Gasteiger partial charge in [0.15, 0.2) is 4.34 Å². The third-order valence-corrected chi connectivity index (χ3v) is 8.02. The smallest absolute Gasteiger partial charge is 0.301 e. The van der Waals surface area contributed by atoms with E-state index in [0.29, 0.717) is 27.0 Å². The molecule has 1 saturated heterocycles. The average molecular weight is 531 g/mol. The lowest BCUT2D eigenvalue weighted by atomic mass is 9.96. The maximum atomic E-state index is 13.3. The van der Waals surface area contributed by atoms with Gasteiger partial charge in [-0.1, -0.05) is 59.0 Å². The third-order valence-electron chi connectivity index (χ3n) is 5.89. The van der Waals surface area contributed by atoms with Crippen molar-refractivity contribution in [2.24, 2.45) is 0 Å². The molecular weight excluding hydrogens is 508 g/mol. The quantitative estimate of drug-likeness (QED) is 0.115. The Hall–Kier alpha value is -4.02. The first-order chi connectivity index (χ1) is 18.0. The van der Waals surface area contributed by atoms with Crippen LogP contribution in [0.4, 0.5) is 5.13 Å². The zero-order valence-electron chi connectivity index (χ0n) is 20.0. The van der Waals surface area contributed by atoms with E-state index in [-0.39, 0.29) is 16.5 Å². The second-order valence-corrected chi connectivity index (χ2v) is 10.5. The van der Waals surface area contributed by atoms with Crippen molar-refractivity contribution in [2.45, 2.75) is 23.1 Å². The number of pyridine rings is 1. The molecule has 1 atom stereocenters. The van der Waals surface area contributed by atoms with Crippen molar-refractivity contribution >= 4 is 45.7 Å². The lowest BCUT2D eigenvalue weighted by Gasteiger charge is -2.22. The SMILES string of the molecule is COc1ccc(/C(O)=C2/C(=O)C(=O)N(c3nnc(SCc4ccc(C)cc4)s3)C2c2cccnc2)cc1. The number of hydrogen-bond donors (Lipinski definition) is 1. The number of rotatable bonds is 7. The second kappa shape index (κ2) is 10.5. The monoisotopic (exact) mass is 530 g/mol. The standard InChI is InChI=1S/C27H22N4O4S2/c1-16-5-7-17(8-6-16)15-36-27-30-29-26(37-27)31-22(19-4-3-13-28-14-19)21(24(33)25(31)34)23(32)18-9-11-20(35-2)12-10-18/h3-14,22,32H,15H2,1-2H3/b23-21-. The molecule has 5 rings (SSSR count). The van der Waals surface area contributed by atoms with E-state index in [1.807, 2.05) is 6.92 Å². The minimum Gasteiger partial charge on any atom is -0.507 e. The van der Waals surface area contributed by atoms with Gasteiger partial charge in [-0.25, -0.2) is 0 Å². The van der Waals surface area contributed by atoms with Crippen molar-refractivity contribution in [1.82, 2.24) is 15.2 Å². The molecule has 1 amide bonds. The molecule has 3 heterocycles. The molecule has 0 spiro atoms. The summed E-state index contributed by atoms with van der Waals surface area (Å²) >= 11 is 2.73. The van der Waals surface area contributed by atoms with Crippen molar-refractivity contribution in [1.29, 1.82) is 0 Å². The highest BCUT2D eigenvalue weighted by atomic mass is 32.2. The Bertz CT molecular complexity index is 1470. The topological polar surface area (TPSA) is 106 Å². The Kier molecular flexibility index (Phi) is 7.02. The van der Waals surface area contributed by atoms with E-state index < -0.39 is 17.7 Å². The Morgan fingerprint density at radius 3 is 2.51 bits per heavy atom. The molecule has 37 heavy (non-hydrogen) atoms. The minimum atomic E-state index is -0.904. The molecule has 1 unspecified atom stereocenters. The number of amides is 1. The van der Waals surface area contributed by atoms with E-state index in [0.717, 1.165) is 5.56 Å². The van der Waals surface area contributed by atoms with Crippen LogP contribution in [-0.4, -0.2) is 39.1 Å². The van der Waals surface area contributed by atoms with Gasteiger partial charge in [0.1, 0.15) is 11.5 Å². The van der Waals surface area contributed by atoms with Gasteiger partial charge in [-0.3, -0.25) is 19.5 Å². The molecule has 8 nitrogen and oxygen atoms in total. The van der Waals surface area contributed by atoms with Gasteiger partial charge in [0.05, 0.1) is 18.7 Å². The first-order valence-corrected chi connectivity index (χ1v) is 13.1. The van der Waals surface area contributed by atoms with Crippen LogP contribution in [-0.2, 0) is 15.3 Å². The number of carbonyl (C=O) groups is 2. The Morgan fingerprint density at radius 1 is 1.08 bits per heavy atom. The molecule has 10 heteroatoms. The fraction of sp³-hybridized carbons (Fsp3) is 0.148. The van der Waals surface area contributed by atoms with Gasteiger partial charge in [-0.15, -0.1) is 10.2 Å². The van der Waals surface area contributed by atoms with Crippen molar-refractivity contribution in [3.8, 4) is 5.75 Å². The summed E-state index contributed by atoms with van der Waals surface area (Å²) in [6.07, 6.45) is 3.17. The zero-order valence-corrected chi connectivity index (χ0v) is 21.6. The number of aliphatic hydroxyl groups is 1. The Morgan fingerprint density at radius 2 is 1.84 bits per heavy atom. The van der Waals surface area contributed by atoms with Crippen LogP contribution in [0.1, 0.15) is 28.3 Å². The normalized spacial score (nSPS) is 16.8. The van der Waals surface area contributed by atoms with E-state index in [4.69, 9.17) is 4.74 Å². The van der Waals surface area contributed by atoms with Crippen LogP contribution in [0, 0.1) is 6.92 Å². The predicted octanol–water partition coefficient (Wildman–Crippen LogP) is 5.17. The van der Waals surface area contributed by atoms with Crippen molar-refractivity contribution in [2.75, 3.05) is 12.0 Å². The number of Topliss-reactive ketones (excluding diaryl/α,β-unsaturated/α-hetero) is 1. The summed E-state index contributed by atoms with van der Waals surface area (Å²) in [7, 11) is 1.54. The highest BCUT2D eigenvalue weighted by Crippen LogP contribution is 2.43. The van der Waals surface area contributed by atoms with E-state index in [2.05, 4.69) is 39.4 Å². The molecule has 0 bridgehead atoms. The molecule has 0 aliphatic carbocycles. The second-order valence-electron chi connectivity index (χ2n) is 8.31. The van der Waals surface area contributed by atoms with Crippen molar-refractivity contribution in [3.63, 3.8) is 0 Å². The Balaban J connectivity index is 1.51. The van der Waals surface area contributed by atoms with Gasteiger partial charge in [0.25, 0.3) is 5.78 Å². The molecule has 0 saturated carbocycles.